The van der Waals surface area contributed by atoms with Crippen LogP contribution >= 0.6 is 11.3 Å². The van der Waals surface area contributed by atoms with Crippen molar-refractivity contribution in [1.29, 1.82) is 0 Å². The molecule has 1 fully saturated rings. The predicted molar refractivity (Wildman–Crippen MR) is 111 cm³/mol. The van der Waals surface area contributed by atoms with Gasteiger partial charge in [0.1, 0.15) is 0 Å². The first-order chi connectivity index (χ1) is 12.7. The second-order valence-corrected chi connectivity index (χ2v) is 7.76. The third-order valence-electron chi connectivity index (χ3n) is 4.64. The van der Waals surface area contributed by atoms with E-state index < -0.39 is 0 Å². The van der Waals surface area contributed by atoms with Gasteiger partial charge in [0, 0.05) is 63.2 Å². The molecule has 5 nitrogen and oxygen atoms in total. The summed E-state index contributed by atoms with van der Waals surface area (Å²) in [6, 6.07) is 10.6. The predicted octanol–water partition coefficient (Wildman–Crippen LogP) is 3.21. The number of hydrogen-bond donors (Lipinski definition) is 1. The highest BCUT2D eigenvalue weighted by molar-refractivity contribution is 7.09. The average molecular weight is 372 g/mol. The van der Waals surface area contributed by atoms with E-state index in [4.69, 9.17) is 4.98 Å². The summed E-state index contributed by atoms with van der Waals surface area (Å²) in [7, 11) is 1.87. The molecule has 0 unspecified atom stereocenters. The SMILES string of the molecule is CN=C(NCCc1csc(C(C)C)n1)N1CCN(c2ccccc2)CC1. The fourth-order valence-corrected chi connectivity index (χ4v) is 4.02. The molecule has 1 aliphatic rings. The second kappa shape index (κ2) is 9.03. The molecule has 1 N–H and O–H groups in total. The number of nitrogens with zero attached hydrogens (tertiary/aromatic N) is 4. The van der Waals surface area contributed by atoms with Crippen LogP contribution in [0.2, 0.25) is 0 Å². The highest BCUT2D eigenvalue weighted by atomic mass is 32.1. The van der Waals surface area contributed by atoms with Crippen LogP contribution in [0.1, 0.15) is 30.5 Å². The summed E-state index contributed by atoms with van der Waals surface area (Å²) in [6.45, 7) is 9.27. The molecule has 0 amide bonds. The Morgan fingerprint density at radius 3 is 2.54 bits per heavy atom. The van der Waals surface area contributed by atoms with Gasteiger partial charge in [-0.25, -0.2) is 4.98 Å². The molecule has 0 spiro atoms. The summed E-state index contributed by atoms with van der Waals surface area (Å²) in [4.78, 5) is 14.0. The molecular weight excluding hydrogens is 342 g/mol. The molecule has 0 atom stereocenters. The smallest absolute Gasteiger partial charge is 0.193 e. The Bertz CT molecular complexity index is 702. The first kappa shape index (κ1) is 18.7. The lowest BCUT2D eigenvalue weighted by molar-refractivity contribution is 0.373. The molecule has 2 heterocycles. The maximum atomic E-state index is 4.71. The van der Waals surface area contributed by atoms with Crippen LogP contribution in [0.3, 0.4) is 0 Å². The largest absolute Gasteiger partial charge is 0.368 e. The van der Waals surface area contributed by atoms with Gasteiger partial charge in [0.05, 0.1) is 10.7 Å². The Balaban J connectivity index is 1.46. The quantitative estimate of drug-likeness (QED) is 0.647. The standard InChI is InChI=1S/C20H29N5S/c1-16(2)19-23-17(15-26-19)9-10-22-20(21-3)25-13-11-24(12-14-25)18-7-5-4-6-8-18/h4-8,15-16H,9-14H2,1-3H3,(H,21,22). The number of para-hydroxylation sites is 1. The molecule has 1 aromatic heterocycles. The maximum Gasteiger partial charge on any atom is 0.193 e. The summed E-state index contributed by atoms with van der Waals surface area (Å²) >= 11 is 1.76. The molecule has 0 radical (unpaired) electrons. The minimum absolute atomic E-state index is 0.510. The first-order valence-corrected chi connectivity index (χ1v) is 10.2. The Hall–Kier alpha value is -2.08. The van der Waals surface area contributed by atoms with Crippen LogP contribution < -0.4 is 10.2 Å². The molecule has 6 heteroatoms. The van der Waals surface area contributed by atoms with E-state index in [1.54, 1.807) is 11.3 Å². The Kier molecular flexibility index (Phi) is 6.50. The van der Waals surface area contributed by atoms with Crippen LogP contribution in [-0.2, 0) is 6.42 Å². The zero-order chi connectivity index (χ0) is 18.4. The average Bonchev–Trinajstić information content (AvgIpc) is 3.15. The van der Waals surface area contributed by atoms with Crippen molar-refractivity contribution in [2.24, 2.45) is 4.99 Å². The van der Waals surface area contributed by atoms with Crippen molar-refractivity contribution >= 4 is 23.0 Å². The topological polar surface area (TPSA) is 43.8 Å². The Morgan fingerprint density at radius 1 is 1.19 bits per heavy atom. The lowest BCUT2D eigenvalue weighted by Gasteiger charge is -2.37. The van der Waals surface area contributed by atoms with Crippen molar-refractivity contribution in [3.05, 3.63) is 46.4 Å². The normalized spacial score (nSPS) is 15.6. The Morgan fingerprint density at radius 2 is 1.92 bits per heavy atom. The van der Waals surface area contributed by atoms with E-state index >= 15 is 0 Å². The van der Waals surface area contributed by atoms with Gasteiger partial charge in [-0.1, -0.05) is 32.0 Å². The number of thiazole rings is 1. The second-order valence-electron chi connectivity index (χ2n) is 6.87. The molecule has 1 saturated heterocycles. The first-order valence-electron chi connectivity index (χ1n) is 9.37. The maximum absolute atomic E-state index is 4.71. The number of rotatable bonds is 5. The fourth-order valence-electron chi connectivity index (χ4n) is 3.15. The molecule has 1 aliphatic heterocycles. The summed E-state index contributed by atoms with van der Waals surface area (Å²) in [5, 5.41) is 6.91. The number of aliphatic imine (C=N–C) groups is 1. The van der Waals surface area contributed by atoms with Gasteiger partial charge in [-0.05, 0) is 12.1 Å². The lowest BCUT2D eigenvalue weighted by atomic mass is 10.2. The highest BCUT2D eigenvalue weighted by Gasteiger charge is 2.19. The number of benzene rings is 1. The number of aromatic nitrogens is 1. The van der Waals surface area contributed by atoms with E-state index in [2.05, 4.69) is 69.7 Å². The van der Waals surface area contributed by atoms with Gasteiger partial charge in [0.15, 0.2) is 5.96 Å². The van der Waals surface area contributed by atoms with Crippen LogP contribution in [0, 0.1) is 0 Å². The van der Waals surface area contributed by atoms with Crippen molar-refractivity contribution < 1.29 is 0 Å². The molecule has 3 rings (SSSR count). The molecule has 0 aliphatic carbocycles. The van der Waals surface area contributed by atoms with Gasteiger partial charge in [-0.2, -0.15) is 0 Å². The van der Waals surface area contributed by atoms with Crippen LogP contribution in [0.15, 0.2) is 40.7 Å². The van der Waals surface area contributed by atoms with E-state index in [1.807, 2.05) is 7.05 Å². The van der Waals surface area contributed by atoms with Crippen molar-refractivity contribution in [3.63, 3.8) is 0 Å². The van der Waals surface area contributed by atoms with Crippen molar-refractivity contribution in [2.45, 2.75) is 26.2 Å². The number of anilines is 1. The highest BCUT2D eigenvalue weighted by Crippen LogP contribution is 2.19. The van der Waals surface area contributed by atoms with Crippen molar-refractivity contribution in [1.82, 2.24) is 15.2 Å². The van der Waals surface area contributed by atoms with E-state index in [0.717, 1.165) is 45.1 Å². The lowest BCUT2D eigenvalue weighted by Crippen LogP contribution is -2.52. The zero-order valence-electron chi connectivity index (χ0n) is 16.0. The molecular formula is C20H29N5S. The van der Waals surface area contributed by atoms with Gasteiger partial charge >= 0.3 is 0 Å². The summed E-state index contributed by atoms with van der Waals surface area (Å²) in [5.41, 5.74) is 2.48. The van der Waals surface area contributed by atoms with Gasteiger partial charge in [-0.15, -0.1) is 11.3 Å². The Labute approximate surface area is 160 Å². The minimum Gasteiger partial charge on any atom is -0.368 e. The monoisotopic (exact) mass is 371 g/mol. The summed E-state index contributed by atoms with van der Waals surface area (Å²) in [5.74, 6) is 1.51. The number of hydrogen-bond acceptors (Lipinski definition) is 4. The minimum atomic E-state index is 0.510. The summed E-state index contributed by atoms with van der Waals surface area (Å²) in [6.07, 6.45) is 0.937. The molecule has 140 valence electrons. The molecule has 2 aromatic rings. The van der Waals surface area contributed by atoms with Crippen LogP contribution in [0.5, 0.6) is 0 Å². The van der Waals surface area contributed by atoms with Gasteiger partial charge in [-0.3, -0.25) is 4.99 Å². The van der Waals surface area contributed by atoms with Gasteiger partial charge < -0.3 is 15.1 Å². The number of piperazine rings is 1. The van der Waals surface area contributed by atoms with Crippen molar-refractivity contribution in [3.8, 4) is 0 Å². The molecule has 0 saturated carbocycles. The molecule has 1 aromatic carbocycles. The van der Waals surface area contributed by atoms with Crippen LogP contribution in [0.4, 0.5) is 5.69 Å². The van der Waals surface area contributed by atoms with E-state index in [0.29, 0.717) is 5.92 Å². The number of nitrogens with one attached hydrogen (secondary N) is 1. The van der Waals surface area contributed by atoms with E-state index in [1.165, 1.54) is 16.4 Å². The molecule has 26 heavy (non-hydrogen) atoms. The van der Waals surface area contributed by atoms with Crippen LogP contribution in [-0.4, -0.2) is 55.6 Å². The zero-order valence-corrected chi connectivity index (χ0v) is 16.8. The van der Waals surface area contributed by atoms with Crippen molar-refractivity contribution in [2.75, 3.05) is 44.7 Å². The summed E-state index contributed by atoms with van der Waals surface area (Å²) < 4.78 is 0. The van der Waals surface area contributed by atoms with Gasteiger partial charge in [0.25, 0.3) is 0 Å². The van der Waals surface area contributed by atoms with Crippen LogP contribution in [0.25, 0.3) is 0 Å². The fraction of sp³-hybridized carbons (Fsp3) is 0.500. The van der Waals surface area contributed by atoms with Gasteiger partial charge in [0.2, 0.25) is 0 Å². The van der Waals surface area contributed by atoms with E-state index in [9.17, 15) is 0 Å². The number of guanidine groups is 1. The third kappa shape index (κ3) is 4.75. The molecule has 0 bridgehead atoms. The van der Waals surface area contributed by atoms with E-state index in [-0.39, 0.29) is 0 Å². The third-order valence-corrected chi connectivity index (χ3v) is 5.83.